The van der Waals surface area contributed by atoms with E-state index in [4.69, 9.17) is 11.6 Å². The molecule has 0 spiro atoms. The summed E-state index contributed by atoms with van der Waals surface area (Å²) in [5.74, 6) is 0.717. The van der Waals surface area contributed by atoms with Crippen molar-refractivity contribution in [3.05, 3.63) is 34.9 Å². The Morgan fingerprint density at radius 1 is 1.06 bits per heavy atom. The van der Waals surface area contributed by atoms with Gasteiger partial charge in [-0.05, 0) is 32.4 Å². The summed E-state index contributed by atoms with van der Waals surface area (Å²) in [5, 5.41) is 0. The maximum atomic E-state index is 5.86. The fraction of sp³-hybridized carbons (Fsp3) is 0.600. The van der Waals surface area contributed by atoms with Gasteiger partial charge in [0.1, 0.15) is 0 Å². The Bertz CT molecular complexity index is 315. The fourth-order valence-electron chi connectivity index (χ4n) is 2.19. The molecule has 96 valence electrons. The Labute approximate surface area is 111 Å². The minimum atomic E-state index is 0.717. The highest BCUT2D eigenvalue weighted by molar-refractivity contribution is 6.18. The molecule has 0 aliphatic carbocycles. The largest absolute Gasteiger partial charge is 0.298 e. The lowest BCUT2D eigenvalue weighted by Crippen LogP contribution is -2.26. The van der Waals surface area contributed by atoms with E-state index < -0.39 is 0 Å². The van der Waals surface area contributed by atoms with Crippen molar-refractivity contribution in [2.24, 2.45) is 0 Å². The molecule has 0 heterocycles. The van der Waals surface area contributed by atoms with Crippen LogP contribution in [0.4, 0.5) is 0 Å². The van der Waals surface area contributed by atoms with Gasteiger partial charge in [-0.25, -0.2) is 0 Å². The zero-order valence-electron chi connectivity index (χ0n) is 11.3. The maximum absolute atomic E-state index is 5.86. The number of nitrogens with zero attached hydrogens (tertiary/aromatic N) is 1. The smallest absolute Gasteiger partial charge is 0.0351 e. The molecule has 0 fully saturated rings. The minimum absolute atomic E-state index is 0.717. The quantitative estimate of drug-likeness (QED) is 0.660. The van der Waals surface area contributed by atoms with Crippen LogP contribution in [0.1, 0.15) is 36.5 Å². The summed E-state index contributed by atoms with van der Waals surface area (Å²) in [5.41, 5.74) is 4.10. The fourth-order valence-corrected chi connectivity index (χ4v) is 2.43. The molecule has 1 aromatic rings. The highest BCUT2D eigenvalue weighted by atomic mass is 35.5. The molecule has 0 saturated heterocycles. The molecule has 0 amide bonds. The van der Waals surface area contributed by atoms with Gasteiger partial charge in [-0.2, -0.15) is 0 Å². The number of alkyl halides is 1. The summed E-state index contributed by atoms with van der Waals surface area (Å²) < 4.78 is 0. The molecule has 0 aliphatic heterocycles. The predicted molar refractivity (Wildman–Crippen MR) is 76.8 cm³/mol. The van der Waals surface area contributed by atoms with Crippen LogP contribution in [0.25, 0.3) is 0 Å². The van der Waals surface area contributed by atoms with Crippen LogP contribution in [-0.4, -0.2) is 23.9 Å². The monoisotopic (exact) mass is 253 g/mol. The number of hydrogen-bond acceptors (Lipinski definition) is 1. The summed E-state index contributed by atoms with van der Waals surface area (Å²) in [7, 11) is 0. The van der Waals surface area contributed by atoms with Gasteiger partial charge in [-0.1, -0.05) is 42.7 Å². The van der Waals surface area contributed by atoms with Crippen molar-refractivity contribution in [3.8, 4) is 0 Å². The first-order valence-corrected chi connectivity index (χ1v) is 7.04. The standard InChI is InChI=1S/C15H24ClN/c1-4-5-7-17(8-6-16)12-15-10-13(2)9-14(3)11-15/h9-11H,4-8,12H2,1-3H3. The summed E-state index contributed by atoms with van der Waals surface area (Å²) in [6.07, 6.45) is 2.49. The molecule has 0 atom stereocenters. The lowest BCUT2D eigenvalue weighted by atomic mass is 10.1. The van der Waals surface area contributed by atoms with E-state index in [2.05, 4.69) is 43.9 Å². The first-order valence-electron chi connectivity index (χ1n) is 6.51. The van der Waals surface area contributed by atoms with Crippen molar-refractivity contribution in [2.75, 3.05) is 19.0 Å². The van der Waals surface area contributed by atoms with Crippen molar-refractivity contribution in [1.82, 2.24) is 4.90 Å². The Balaban J connectivity index is 2.63. The zero-order valence-corrected chi connectivity index (χ0v) is 12.1. The number of benzene rings is 1. The molecule has 1 aromatic carbocycles. The van der Waals surface area contributed by atoms with Crippen LogP contribution in [0, 0.1) is 13.8 Å². The summed E-state index contributed by atoms with van der Waals surface area (Å²) in [6.45, 7) is 9.71. The Morgan fingerprint density at radius 2 is 1.71 bits per heavy atom. The number of hydrogen-bond donors (Lipinski definition) is 0. The average molecular weight is 254 g/mol. The molecule has 0 aliphatic rings. The van der Waals surface area contributed by atoms with Gasteiger partial charge in [-0.3, -0.25) is 4.90 Å². The highest BCUT2D eigenvalue weighted by Crippen LogP contribution is 2.12. The third kappa shape index (κ3) is 5.56. The molecule has 1 nitrogen and oxygen atoms in total. The van der Waals surface area contributed by atoms with E-state index in [-0.39, 0.29) is 0 Å². The first-order chi connectivity index (χ1) is 8.15. The summed E-state index contributed by atoms with van der Waals surface area (Å²) >= 11 is 5.86. The summed E-state index contributed by atoms with van der Waals surface area (Å²) in [6, 6.07) is 6.78. The molecule has 0 radical (unpaired) electrons. The van der Waals surface area contributed by atoms with E-state index in [0.717, 1.165) is 19.6 Å². The molecule has 0 bridgehead atoms. The maximum Gasteiger partial charge on any atom is 0.0351 e. The van der Waals surface area contributed by atoms with Crippen molar-refractivity contribution in [3.63, 3.8) is 0 Å². The van der Waals surface area contributed by atoms with Crippen LogP contribution in [0.15, 0.2) is 18.2 Å². The number of aryl methyl sites for hydroxylation is 2. The second-order valence-electron chi connectivity index (χ2n) is 4.81. The van der Waals surface area contributed by atoms with Gasteiger partial charge in [0.2, 0.25) is 0 Å². The Kier molecular flexibility index (Phi) is 6.61. The van der Waals surface area contributed by atoms with Crippen molar-refractivity contribution in [2.45, 2.75) is 40.2 Å². The van der Waals surface area contributed by atoms with E-state index in [1.54, 1.807) is 0 Å². The van der Waals surface area contributed by atoms with E-state index in [0.29, 0.717) is 5.88 Å². The number of halogens is 1. The van der Waals surface area contributed by atoms with Crippen LogP contribution in [0.2, 0.25) is 0 Å². The zero-order chi connectivity index (χ0) is 12.7. The molecule has 0 aromatic heterocycles. The van der Waals surface area contributed by atoms with Crippen molar-refractivity contribution in [1.29, 1.82) is 0 Å². The van der Waals surface area contributed by atoms with E-state index in [9.17, 15) is 0 Å². The Hall–Kier alpha value is -0.530. The normalized spacial score (nSPS) is 11.1. The van der Waals surface area contributed by atoms with Gasteiger partial charge in [0.05, 0.1) is 0 Å². The molecule has 2 heteroatoms. The predicted octanol–water partition coefficient (Wildman–Crippen LogP) is 4.14. The third-order valence-electron chi connectivity index (χ3n) is 2.92. The van der Waals surface area contributed by atoms with E-state index >= 15 is 0 Å². The molecular formula is C15H24ClN. The third-order valence-corrected chi connectivity index (χ3v) is 3.09. The van der Waals surface area contributed by atoms with Gasteiger partial charge in [0.25, 0.3) is 0 Å². The second kappa shape index (κ2) is 7.73. The molecule has 17 heavy (non-hydrogen) atoms. The van der Waals surface area contributed by atoms with Gasteiger partial charge >= 0.3 is 0 Å². The molecule has 0 unspecified atom stereocenters. The van der Waals surface area contributed by atoms with Crippen LogP contribution in [-0.2, 0) is 6.54 Å². The van der Waals surface area contributed by atoms with Gasteiger partial charge in [0.15, 0.2) is 0 Å². The minimum Gasteiger partial charge on any atom is -0.298 e. The number of unbranched alkanes of at least 4 members (excludes halogenated alkanes) is 1. The van der Waals surface area contributed by atoms with Gasteiger partial charge in [-0.15, -0.1) is 11.6 Å². The summed E-state index contributed by atoms with van der Waals surface area (Å²) in [4.78, 5) is 2.45. The van der Waals surface area contributed by atoms with Crippen molar-refractivity contribution >= 4 is 11.6 Å². The lowest BCUT2D eigenvalue weighted by molar-refractivity contribution is 0.277. The van der Waals surface area contributed by atoms with Crippen LogP contribution in [0.5, 0.6) is 0 Å². The van der Waals surface area contributed by atoms with E-state index in [1.807, 2.05) is 0 Å². The van der Waals surface area contributed by atoms with E-state index in [1.165, 1.54) is 29.5 Å². The number of rotatable bonds is 7. The van der Waals surface area contributed by atoms with Gasteiger partial charge in [0, 0.05) is 19.0 Å². The highest BCUT2D eigenvalue weighted by Gasteiger charge is 2.05. The Morgan fingerprint density at radius 3 is 2.24 bits per heavy atom. The van der Waals surface area contributed by atoms with Crippen LogP contribution < -0.4 is 0 Å². The van der Waals surface area contributed by atoms with Crippen molar-refractivity contribution < 1.29 is 0 Å². The molecule has 0 N–H and O–H groups in total. The topological polar surface area (TPSA) is 3.24 Å². The molecule has 1 rings (SSSR count). The lowest BCUT2D eigenvalue weighted by Gasteiger charge is -2.21. The van der Waals surface area contributed by atoms with Crippen LogP contribution in [0.3, 0.4) is 0 Å². The molecule has 0 saturated carbocycles. The second-order valence-corrected chi connectivity index (χ2v) is 5.19. The first kappa shape index (κ1) is 14.5. The average Bonchev–Trinajstić information content (AvgIpc) is 2.24. The molecular weight excluding hydrogens is 230 g/mol. The van der Waals surface area contributed by atoms with Gasteiger partial charge < -0.3 is 0 Å². The van der Waals surface area contributed by atoms with Crippen LogP contribution >= 0.6 is 11.6 Å². The SMILES string of the molecule is CCCCN(CCCl)Cc1cc(C)cc(C)c1.